The molecule has 0 bridgehead atoms. The molecule has 2 heterocycles. The number of rotatable bonds is 3. The average Bonchev–Trinajstić information content (AvgIpc) is 2.72. The van der Waals surface area contributed by atoms with E-state index in [9.17, 15) is 9.59 Å². The largest absolute Gasteiger partial charge is 0.486 e. The van der Waals surface area contributed by atoms with Gasteiger partial charge in [0.25, 0.3) is 0 Å². The van der Waals surface area contributed by atoms with Crippen molar-refractivity contribution in [1.82, 2.24) is 10.2 Å². The molecule has 0 spiro atoms. The van der Waals surface area contributed by atoms with Gasteiger partial charge in [0.1, 0.15) is 13.2 Å². The Morgan fingerprint density at radius 3 is 2.81 bits per heavy atom. The summed E-state index contributed by atoms with van der Waals surface area (Å²) in [6.45, 7) is 1.54. The van der Waals surface area contributed by atoms with Gasteiger partial charge in [0.15, 0.2) is 11.5 Å². The molecule has 7 heteroatoms. The fourth-order valence-electron chi connectivity index (χ4n) is 2.42. The van der Waals surface area contributed by atoms with Crippen molar-refractivity contribution in [2.45, 2.75) is 19.0 Å². The van der Waals surface area contributed by atoms with Crippen molar-refractivity contribution >= 4 is 27.7 Å². The van der Waals surface area contributed by atoms with Gasteiger partial charge in [-0.05, 0) is 33.6 Å². The molecule has 1 saturated heterocycles. The zero-order valence-corrected chi connectivity index (χ0v) is 13.1. The predicted octanol–water partition coefficient (Wildman–Crippen LogP) is 1.07. The summed E-state index contributed by atoms with van der Waals surface area (Å²) in [5.41, 5.74) is 0.959. The second kappa shape index (κ2) is 5.65. The molecule has 6 nitrogen and oxygen atoms in total. The highest BCUT2D eigenvalue weighted by Crippen LogP contribution is 2.38. The van der Waals surface area contributed by atoms with E-state index in [4.69, 9.17) is 9.47 Å². The Kier molecular flexibility index (Phi) is 3.86. The van der Waals surface area contributed by atoms with Gasteiger partial charge in [-0.1, -0.05) is 0 Å². The van der Waals surface area contributed by atoms with Gasteiger partial charge < -0.3 is 14.8 Å². The van der Waals surface area contributed by atoms with Crippen LogP contribution in [0, 0.1) is 0 Å². The zero-order chi connectivity index (χ0) is 15.0. The maximum Gasteiger partial charge on any atom is 0.246 e. The molecule has 112 valence electrons. The molecule has 2 aliphatic rings. The van der Waals surface area contributed by atoms with Gasteiger partial charge >= 0.3 is 0 Å². The van der Waals surface area contributed by atoms with Crippen LogP contribution in [0.3, 0.4) is 0 Å². The number of fused-ring (bicyclic) bond motifs is 1. The fraction of sp³-hybridized carbons (Fsp3) is 0.429. The van der Waals surface area contributed by atoms with Crippen LogP contribution in [0.1, 0.15) is 12.0 Å². The number of carbonyl (C=O) groups is 2. The molecule has 0 saturated carbocycles. The third kappa shape index (κ3) is 2.75. The lowest BCUT2D eigenvalue weighted by Gasteiger charge is -2.21. The van der Waals surface area contributed by atoms with Gasteiger partial charge in [-0.3, -0.25) is 14.5 Å². The lowest BCUT2D eigenvalue weighted by Crippen LogP contribution is -2.36. The minimum absolute atomic E-state index is 0.152. The smallest absolute Gasteiger partial charge is 0.246 e. The standard InChI is InChI=1S/C14H15BrN2O4/c1-17-12(18)6-10(14(17)19)16-7-8-4-9(15)13-11(5-8)20-2-3-21-13/h4-5,10,16H,2-3,6-7H2,1H3. The van der Waals surface area contributed by atoms with Crippen molar-refractivity contribution < 1.29 is 19.1 Å². The van der Waals surface area contributed by atoms with E-state index in [1.807, 2.05) is 12.1 Å². The van der Waals surface area contributed by atoms with Crippen LogP contribution in [0.25, 0.3) is 0 Å². The molecular weight excluding hydrogens is 340 g/mol. The number of ether oxygens (including phenoxy) is 2. The van der Waals surface area contributed by atoms with Crippen LogP contribution in [-0.4, -0.2) is 43.0 Å². The first kappa shape index (κ1) is 14.3. The second-order valence-electron chi connectivity index (χ2n) is 5.03. The SMILES string of the molecule is CN1C(=O)CC(NCc2cc(Br)c3c(c2)OCCO3)C1=O. The van der Waals surface area contributed by atoms with Crippen molar-refractivity contribution in [3.05, 3.63) is 22.2 Å². The summed E-state index contributed by atoms with van der Waals surface area (Å²) >= 11 is 3.46. The summed E-state index contributed by atoms with van der Waals surface area (Å²) in [6, 6.07) is 3.36. The summed E-state index contributed by atoms with van der Waals surface area (Å²) in [5, 5.41) is 3.11. The molecule has 0 aliphatic carbocycles. The van der Waals surface area contributed by atoms with Crippen molar-refractivity contribution in [2.75, 3.05) is 20.3 Å². The normalized spacial score (nSPS) is 21.0. The Balaban J connectivity index is 1.70. The predicted molar refractivity (Wildman–Crippen MR) is 78.2 cm³/mol. The fourth-order valence-corrected chi connectivity index (χ4v) is 3.03. The average molecular weight is 355 g/mol. The summed E-state index contributed by atoms with van der Waals surface area (Å²) in [5.74, 6) is 1.06. The van der Waals surface area contributed by atoms with Gasteiger partial charge in [0.2, 0.25) is 11.8 Å². The van der Waals surface area contributed by atoms with Crippen LogP contribution in [0.5, 0.6) is 11.5 Å². The maximum atomic E-state index is 11.8. The Hall–Kier alpha value is -1.60. The van der Waals surface area contributed by atoms with Crippen LogP contribution >= 0.6 is 15.9 Å². The highest BCUT2D eigenvalue weighted by molar-refractivity contribution is 9.10. The molecule has 1 aromatic carbocycles. The molecule has 21 heavy (non-hydrogen) atoms. The van der Waals surface area contributed by atoms with Gasteiger partial charge in [0.05, 0.1) is 16.9 Å². The van der Waals surface area contributed by atoms with Crippen molar-refractivity contribution in [3.63, 3.8) is 0 Å². The minimum atomic E-state index is -0.450. The molecule has 2 aliphatic heterocycles. The highest BCUT2D eigenvalue weighted by Gasteiger charge is 2.35. The number of likely N-dealkylation sites (N-methyl/N-ethyl adjacent to an activating group) is 1. The molecule has 1 fully saturated rings. The van der Waals surface area contributed by atoms with Crippen LogP contribution in [-0.2, 0) is 16.1 Å². The zero-order valence-electron chi connectivity index (χ0n) is 11.5. The van der Waals surface area contributed by atoms with E-state index in [1.54, 1.807) is 0 Å². The molecule has 1 N–H and O–H groups in total. The number of imide groups is 1. The van der Waals surface area contributed by atoms with Crippen LogP contribution in [0.2, 0.25) is 0 Å². The first-order valence-corrected chi connectivity index (χ1v) is 7.47. The first-order chi connectivity index (χ1) is 10.1. The molecule has 0 aromatic heterocycles. The third-order valence-corrected chi connectivity index (χ3v) is 4.18. The van der Waals surface area contributed by atoms with Gasteiger partial charge in [-0.25, -0.2) is 0 Å². The number of amides is 2. The lowest BCUT2D eigenvalue weighted by molar-refractivity contribution is -0.137. The monoisotopic (exact) mass is 354 g/mol. The summed E-state index contributed by atoms with van der Waals surface area (Å²) in [6.07, 6.45) is 0.209. The number of halogens is 1. The highest BCUT2D eigenvalue weighted by atomic mass is 79.9. The van der Waals surface area contributed by atoms with Gasteiger partial charge in [-0.15, -0.1) is 0 Å². The number of likely N-dealkylation sites (tertiary alicyclic amines) is 1. The van der Waals surface area contributed by atoms with E-state index < -0.39 is 6.04 Å². The van der Waals surface area contributed by atoms with E-state index in [0.29, 0.717) is 31.3 Å². The third-order valence-electron chi connectivity index (χ3n) is 3.59. The Morgan fingerprint density at radius 2 is 2.10 bits per heavy atom. The minimum Gasteiger partial charge on any atom is -0.486 e. The summed E-state index contributed by atoms with van der Waals surface area (Å²) < 4.78 is 11.9. The lowest BCUT2D eigenvalue weighted by atomic mass is 10.1. The molecule has 1 atom stereocenters. The Bertz CT molecular complexity index is 605. The summed E-state index contributed by atoms with van der Waals surface area (Å²) in [4.78, 5) is 24.5. The number of hydrogen-bond donors (Lipinski definition) is 1. The van der Waals surface area contributed by atoms with E-state index in [-0.39, 0.29) is 18.2 Å². The van der Waals surface area contributed by atoms with Crippen LogP contribution in [0.4, 0.5) is 0 Å². The van der Waals surface area contributed by atoms with Gasteiger partial charge in [-0.2, -0.15) is 0 Å². The Morgan fingerprint density at radius 1 is 1.33 bits per heavy atom. The van der Waals surface area contributed by atoms with Gasteiger partial charge in [0, 0.05) is 13.6 Å². The molecule has 3 rings (SSSR count). The van der Waals surface area contributed by atoms with Crippen molar-refractivity contribution in [3.8, 4) is 11.5 Å². The second-order valence-corrected chi connectivity index (χ2v) is 5.88. The molecule has 2 amide bonds. The van der Waals surface area contributed by atoms with Crippen LogP contribution in [0.15, 0.2) is 16.6 Å². The molecule has 1 aromatic rings. The molecule has 1 unspecified atom stereocenters. The van der Waals surface area contributed by atoms with E-state index in [0.717, 1.165) is 14.9 Å². The number of hydrogen-bond acceptors (Lipinski definition) is 5. The number of nitrogens with zero attached hydrogens (tertiary/aromatic N) is 1. The molecule has 0 radical (unpaired) electrons. The topological polar surface area (TPSA) is 67.9 Å². The first-order valence-electron chi connectivity index (χ1n) is 6.68. The Labute approximate surface area is 130 Å². The molecular formula is C14H15BrN2O4. The van der Waals surface area contributed by atoms with E-state index in [2.05, 4.69) is 21.2 Å². The number of carbonyl (C=O) groups excluding carboxylic acids is 2. The van der Waals surface area contributed by atoms with Crippen LogP contribution < -0.4 is 14.8 Å². The van der Waals surface area contributed by atoms with E-state index >= 15 is 0 Å². The van der Waals surface area contributed by atoms with Crippen molar-refractivity contribution in [2.24, 2.45) is 0 Å². The number of benzene rings is 1. The van der Waals surface area contributed by atoms with E-state index in [1.165, 1.54) is 7.05 Å². The maximum absolute atomic E-state index is 11.8. The quantitative estimate of drug-likeness (QED) is 0.822. The summed E-state index contributed by atoms with van der Waals surface area (Å²) in [7, 11) is 1.51. The van der Waals surface area contributed by atoms with Crippen molar-refractivity contribution in [1.29, 1.82) is 0 Å². The number of nitrogens with one attached hydrogen (secondary N) is 1.